The van der Waals surface area contributed by atoms with E-state index in [2.05, 4.69) is 5.32 Å². The lowest BCUT2D eigenvalue weighted by molar-refractivity contribution is -0.141. The summed E-state index contributed by atoms with van der Waals surface area (Å²) in [6.45, 7) is 5.22. The van der Waals surface area contributed by atoms with Gasteiger partial charge < -0.3 is 10.4 Å². The van der Waals surface area contributed by atoms with Crippen LogP contribution in [-0.2, 0) is 4.79 Å². The normalized spacial score (nSPS) is 12.1. The van der Waals surface area contributed by atoms with Gasteiger partial charge in [-0.1, -0.05) is 26.8 Å². The zero-order chi connectivity index (χ0) is 16.2. The first-order valence-electron chi connectivity index (χ1n) is 6.44. The third kappa shape index (κ3) is 4.21. The third-order valence-electron chi connectivity index (χ3n) is 3.05. The lowest BCUT2D eigenvalue weighted by Gasteiger charge is -2.29. The van der Waals surface area contributed by atoms with E-state index in [9.17, 15) is 14.7 Å². The van der Waals surface area contributed by atoms with Crippen LogP contribution in [0.15, 0.2) is 24.3 Å². The predicted molar refractivity (Wildman–Crippen MR) is 79.0 cm³/mol. The number of hydrogen-bond donors (Lipinski definition) is 2. The molecular weight excluding hydrogens is 270 g/mol. The van der Waals surface area contributed by atoms with E-state index in [4.69, 9.17) is 5.26 Å². The fraction of sp³-hybridized carbons (Fsp3) is 0.400. The molecule has 21 heavy (non-hydrogen) atoms. The first kappa shape index (κ1) is 16.5. The number of carbonyl (C=O) groups excluding carboxylic acids is 1. The summed E-state index contributed by atoms with van der Waals surface area (Å²) in [7, 11) is 1.52. The molecule has 0 unspecified atom stereocenters. The zero-order valence-electron chi connectivity index (χ0n) is 12.5. The fourth-order valence-electron chi connectivity index (χ4n) is 1.77. The van der Waals surface area contributed by atoms with Gasteiger partial charge in [-0.3, -0.25) is 4.90 Å². The fourth-order valence-corrected chi connectivity index (χ4v) is 1.77. The van der Waals surface area contributed by atoms with Crippen molar-refractivity contribution >= 4 is 17.7 Å². The smallest absolute Gasteiger partial charge is 0.326 e. The van der Waals surface area contributed by atoms with Gasteiger partial charge in [0.2, 0.25) is 0 Å². The number of amides is 2. The monoisotopic (exact) mass is 289 g/mol. The Labute approximate surface area is 124 Å². The molecule has 0 saturated carbocycles. The maximum atomic E-state index is 12.2. The summed E-state index contributed by atoms with van der Waals surface area (Å²) in [4.78, 5) is 24.7. The molecule has 1 rings (SSSR count). The number of nitrogens with zero attached hydrogens (tertiary/aromatic N) is 2. The Morgan fingerprint density at radius 3 is 2.48 bits per heavy atom. The van der Waals surface area contributed by atoms with E-state index < -0.39 is 23.5 Å². The van der Waals surface area contributed by atoms with E-state index >= 15 is 0 Å². The number of nitrogens with one attached hydrogen (secondary N) is 1. The van der Waals surface area contributed by atoms with Crippen molar-refractivity contribution in [2.24, 2.45) is 5.41 Å². The summed E-state index contributed by atoms with van der Waals surface area (Å²) in [5, 5.41) is 20.6. The highest BCUT2D eigenvalue weighted by Gasteiger charge is 2.33. The molecule has 0 fully saturated rings. The van der Waals surface area contributed by atoms with E-state index in [0.717, 1.165) is 0 Å². The van der Waals surface area contributed by atoms with Gasteiger partial charge in [-0.25, -0.2) is 9.59 Å². The van der Waals surface area contributed by atoms with Gasteiger partial charge in [0, 0.05) is 12.7 Å². The van der Waals surface area contributed by atoms with Gasteiger partial charge in [0.15, 0.2) is 0 Å². The van der Waals surface area contributed by atoms with Gasteiger partial charge in [-0.05, 0) is 23.6 Å². The molecule has 0 heterocycles. The van der Waals surface area contributed by atoms with Crippen LogP contribution in [0.4, 0.5) is 10.5 Å². The van der Waals surface area contributed by atoms with Crippen molar-refractivity contribution in [2.45, 2.75) is 26.8 Å². The average Bonchev–Trinajstić information content (AvgIpc) is 2.42. The molecule has 0 aromatic heterocycles. The van der Waals surface area contributed by atoms with Crippen molar-refractivity contribution < 1.29 is 14.7 Å². The molecular formula is C15H19N3O3. The molecule has 1 aromatic carbocycles. The molecule has 0 aliphatic heterocycles. The van der Waals surface area contributed by atoms with Crippen molar-refractivity contribution in [2.75, 3.05) is 11.9 Å². The molecule has 112 valence electrons. The van der Waals surface area contributed by atoms with Crippen LogP contribution in [0.25, 0.3) is 0 Å². The molecule has 2 N–H and O–H groups in total. The number of hydrogen-bond acceptors (Lipinski definition) is 3. The number of urea groups is 1. The van der Waals surface area contributed by atoms with Crippen LogP contribution in [0.2, 0.25) is 0 Å². The van der Waals surface area contributed by atoms with Crippen LogP contribution in [-0.4, -0.2) is 30.2 Å². The number of carboxylic acids is 1. The molecule has 6 nitrogen and oxygen atoms in total. The summed E-state index contributed by atoms with van der Waals surface area (Å²) >= 11 is 0. The maximum absolute atomic E-state index is 12.2. The van der Waals surface area contributed by atoms with E-state index in [1.54, 1.807) is 45.0 Å². The van der Waals surface area contributed by atoms with Gasteiger partial charge in [0.05, 0.1) is 11.6 Å². The van der Waals surface area contributed by atoms with Gasteiger partial charge in [0.1, 0.15) is 6.04 Å². The SMILES string of the molecule is CN(C(=O)N[C@H](C(=O)O)C(C)(C)C)c1cccc(C#N)c1. The van der Waals surface area contributed by atoms with Crippen molar-refractivity contribution in [3.05, 3.63) is 29.8 Å². The Kier molecular flexibility index (Phi) is 4.93. The highest BCUT2D eigenvalue weighted by atomic mass is 16.4. The summed E-state index contributed by atoms with van der Waals surface area (Å²) in [5.74, 6) is -1.09. The van der Waals surface area contributed by atoms with Crippen LogP contribution in [0.1, 0.15) is 26.3 Å². The maximum Gasteiger partial charge on any atom is 0.326 e. The van der Waals surface area contributed by atoms with Gasteiger partial charge >= 0.3 is 12.0 Å². The van der Waals surface area contributed by atoms with Crippen LogP contribution >= 0.6 is 0 Å². The quantitative estimate of drug-likeness (QED) is 0.892. The molecule has 6 heteroatoms. The second-order valence-electron chi connectivity index (χ2n) is 5.81. The number of rotatable bonds is 3. The molecule has 0 saturated heterocycles. The zero-order valence-corrected chi connectivity index (χ0v) is 12.5. The highest BCUT2D eigenvalue weighted by Crippen LogP contribution is 2.20. The molecule has 1 atom stereocenters. The Morgan fingerprint density at radius 1 is 1.38 bits per heavy atom. The van der Waals surface area contributed by atoms with Crippen LogP contribution in [0.5, 0.6) is 0 Å². The van der Waals surface area contributed by atoms with Crippen molar-refractivity contribution in [1.82, 2.24) is 5.32 Å². The lowest BCUT2D eigenvalue weighted by atomic mass is 9.87. The molecule has 0 bridgehead atoms. The standard InChI is InChI=1S/C15H19N3O3/c1-15(2,3)12(13(19)20)17-14(21)18(4)11-7-5-6-10(8-11)9-16/h5-8,12H,1-4H3,(H,17,21)(H,19,20)/t12-/m1/s1. The average molecular weight is 289 g/mol. The van der Waals surface area contributed by atoms with Crippen LogP contribution in [0, 0.1) is 16.7 Å². The Morgan fingerprint density at radius 2 is 2.00 bits per heavy atom. The van der Waals surface area contributed by atoms with Crippen LogP contribution < -0.4 is 10.2 Å². The summed E-state index contributed by atoms with van der Waals surface area (Å²) in [5.41, 5.74) is 0.332. The van der Waals surface area contributed by atoms with Crippen molar-refractivity contribution in [3.8, 4) is 6.07 Å². The second kappa shape index (κ2) is 6.27. The summed E-state index contributed by atoms with van der Waals surface area (Å²) in [6, 6.07) is 6.98. The van der Waals surface area contributed by atoms with Crippen molar-refractivity contribution in [3.63, 3.8) is 0 Å². The van der Waals surface area contributed by atoms with Gasteiger partial charge in [-0.15, -0.1) is 0 Å². The molecule has 0 spiro atoms. The first-order chi connectivity index (χ1) is 9.66. The minimum absolute atomic E-state index is 0.428. The van der Waals surface area contributed by atoms with E-state index in [0.29, 0.717) is 11.3 Å². The second-order valence-corrected chi connectivity index (χ2v) is 5.81. The van der Waals surface area contributed by atoms with Crippen molar-refractivity contribution in [1.29, 1.82) is 5.26 Å². The first-order valence-corrected chi connectivity index (χ1v) is 6.44. The van der Waals surface area contributed by atoms with Crippen LogP contribution in [0.3, 0.4) is 0 Å². The minimum atomic E-state index is -1.09. The number of anilines is 1. The van der Waals surface area contributed by atoms with E-state index in [1.807, 2.05) is 6.07 Å². The number of carbonyl (C=O) groups is 2. The highest BCUT2D eigenvalue weighted by molar-refractivity contribution is 5.94. The van der Waals surface area contributed by atoms with E-state index in [-0.39, 0.29) is 0 Å². The molecule has 2 amide bonds. The number of nitriles is 1. The number of aliphatic carboxylic acids is 1. The Balaban J connectivity index is 2.92. The van der Waals surface area contributed by atoms with Gasteiger partial charge in [0.25, 0.3) is 0 Å². The lowest BCUT2D eigenvalue weighted by Crippen LogP contribution is -2.52. The number of carboxylic acid groups (broad SMARTS) is 1. The van der Waals surface area contributed by atoms with Gasteiger partial charge in [-0.2, -0.15) is 5.26 Å². The molecule has 1 aromatic rings. The Hall–Kier alpha value is -2.55. The van der Waals surface area contributed by atoms with E-state index in [1.165, 1.54) is 11.9 Å². The Bertz CT molecular complexity index is 585. The summed E-state index contributed by atoms with van der Waals surface area (Å²) in [6.07, 6.45) is 0. The minimum Gasteiger partial charge on any atom is -0.480 e. The summed E-state index contributed by atoms with van der Waals surface area (Å²) < 4.78 is 0. The molecule has 0 aliphatic carbocycles. The topological polar surface area (TPSA) is 93.4 Å². The number of benzene rings is 1. The molecule has 0 aliphatic rings. The molecule has 0 radical (unpaired) electrons. The largest absolute Gasteiger partial charge is 0.480 e. The third-order valence-corrected chi connectivity index (χ3v) is 3.05. The predicted octanol–water partition coefficient (Wildman–Crippen LogP) is 2.20.